The van der Waals surface area contributed by atoms with Crippen LogP contribution in [0.1, 0.15) is 38.2 Å². The van der Waals surface area contributed by atoms with Crippen molar-refractivity contribution in [2.75, 3.05) is 6.54 Å². The molecule has 0 saturated heterocycles. The number of nitrogens with two attached hydrogens (primary N) is 1. The van der Waals surface area contributed by atoms with Crippen LogP contribution in [-0.4, -0.2) is 17.4 Å². The fraction of sp³-hybridized carbons (Fsp3) is 0.500. The van der Waals surface area contributed by atoms with Crippen molar-refractivity contribution < 1.29 is 0 Å². The molecule has 0 aliphatic carbocycles. The topological polar surface area (TPSA) is 51.3 Å². The fourth-order valence-electron chi connectivity index (χ4n) is 1.34. The zero-order chi connectivity index (χ0) is 10.9. The van der Waals surface area contributed by atoms with E-state index in [4.69, 9.17) is 5.73 Å². The second-order valence-corrected chi connectivity index (χ2v) is 3.57. The number of aliphatic imine (C=N–C) groups is 1. The molecule has 3 nitrogen and oxygen atoms in total. The Balaban J connectivity index is 2.33. The van der Waals surface area contributed by atoms with Crippen LogP contribution >= 0.6 is 0 Å². The lowest BCUT2D eigenvalue weighted by Gasteiger charge is -2.00. The number of unbranched alkanes of at least 4 members (excludes halogenated alkanes) is 3. The van der Waals surface area contributed by atoms with Gasteiger partial charge in [0, 0.05) is 24.5 Å². The van der Waals surface area contributed by atoms with Crippen molar-refractivity contribution >= 4 is 5.84 Å². The SMILES string of the molecule is CCCCCCN=C(N)c1cccnc1. The summed E-state index contributed by atoms with van der Waals surface area (Å²) >= 11 is 0. The van der Waals surface area contributed by atoms with Crippen LogP contribution in [0, 0.1) is 0 Å². The smallest absolute Gasteiger partial charge is 0.127 e. The Kier molecular flexibility index (Phi) is 5.44. The molecule has 0 unspecified atom stereocenters. The summed E-state index contributed by atoms with van der Waals surface area (Å²) in [7, 11) is 0. The molecule has 1 heterocycles. The molecule has 0 aromatic carbocycles. The summed E-state index contributed by atoms with van der Waals surface area (Å²) in [6, 6.07) is 3.80. The fourth-order valence-corrected chi connectivity index (χ4v) is 1.34. The Labute approximate surface area is 91.4 Å². The molecule has 0 radical (unpaired) electrons. The molecule has 0 fully saturated rings. The van der Waals surface area contributed by atoms with Gasteiger partial charge in [0.25, 0.3) is 0 Å². The lowest BCUT2D eigenvalue weighted by Crippen LogP contribution is -2.14. The molecule has 0 saturated carbocycles. The summed E-state index contributed by atoms with van der Waals surface area (Å²) in [5.74, 6) is 0.597. The maximum atomic E-state index is 5.82. The van der Waals surface area contributed by atoms with Gasteiger partial charge in [0.2, 0.25) is 0 Å². The highest BCUT2D eigenvalue weighted by molar-refractivity contribution is 5.97. The molecule has 0 atom stereocenters. The Morgan fingerprint density at radius 1 is 1.40 bits per heavy atom. The molecule has 1 aromatic heterocycles. The molecule has 0 aliphatic heterocycles. The molecule has 82 valence electrons. The van der Waals surface area contributed by atoms with Gasteiger partial charge in [-0.1, -0.05) is 26.2 Å². The maximum Gasteiger partial charge on any atom is 0.127 e. The lowest BCUT2D eigenvalue weighted by atomic mass is 10.2. The number of hydrogen-bond donors (Lipinski definition) is 1. The Morgan fingerprint density at radius 3 is 2.93 bits per heavy atom. The highest BCUT2D eigenvalue weighted by atomic mass is 14.8. The molecule has 0 amide bonds. The first-order valence-corrected chi connectivity index (χ1v) is 5.55. The average Bonchev–Trinajstić information content (AvgIpc) is 2.30. The van der Waals surface area contributed by atoms with Crippen molar-refractivity contribution in [3.63, 3.8) is 0 Å². The number of pyridine rings is 1. The van der Waals surface area contributed by atoms with Crippen LogP contribution in [-0.2, 0) is 0 Å². The van der Waals surface area contributed by atoms with Gasteiger partial charge in [0.1, 0.15) is 5.84 Å². The van der Waals surface area contributed by atoms with Crippen LogP contribution in [0.5, 0.6) is 0 Å². The molecule has 0 aliphatic rings. The van der Waals surface area contributed by atoms with E-state index >= 15 is 0 Å². The minimum Gasteiger partial charge on any atom is -0.383 e. The van der Waals surface area contributed by atoms with E-state index in [0.29, 0.717) is 5.84 Å². The first-order valence-electron chi connectivity index (χ1n) is 5.55. The molecule has 0 spiro atoms. The molecular formula is C12H19N3. The second-order valence-electron chi connectivity index (χ2n) is 3.57. The summed E-state index contributed by atoms with van der Waals surface area (Å²) < 4.78 is 0. The van der Waals surface area contributed by atoms with Crippen molar-refractivity contribution in [1.29, 1.82) is 0 Å². The van der Waals surface area contributed by atoms with Crippen molar-refractivity contribution in [3.05, 3.63) is 30.1 Å². The molecule has 0 bridgehead atoms. The van der Waals surface area contributed by atoms with Crippen LogP contribution in [0.25, 0.3) is 0 Å². The predicted octanol–water partition coefficient (Wildman–Crippen LogP) is 2.37. The number of aromatic nitrogens is 1. The van der Waals surface area contributed by atoms with Crippen molar-refractivity contribution in [2.45, 2.75) is 32.6 Å². The van der Waals surface area contributed by atoms with E-state index in [0.717, 1.165) is 18.5 Å². The third kappa shape index (κ3) is 4.58. The van der Waals surface area contributed by atoms with E-state index in [9.17, 15) is 0 Å². The van der Waals surface area contributed by atoms with Crippen molar-refractivity contribution in [1.82, 2.24) is 4.98 Å². The minimum atomic E-state index is 0.597. The van der Waals surface area contributed by atoms with Gasteiger partial charge in [-0.2, -0.15) is 0 Å². The molecule has 1 aromatic rings. The highest BCUT2D eigenvalue weighted by Crippen LogP contribution is 2.00. The Bertz CT molecular complexity index is 293. The van der Waals surface area contributed by atoms with E-state index in [-0.39, 0.29) is 0 Å². The highest BCUT2D eigenvalue weighted by Gasteiger charge is 1.95. The van der Waals surface area contributed by atoms with Gasteiger partial charge in [-0.3, -0.25) is 9.98 Å². The van der Waals surface area contributed by atoms with E-state index < -0.39 is 0 Å². The molecule has 2 N–H and O–H groups in total. The quantitative estimate of drug-likeness (QED) is 0.440. The predicted molar refractivity (Wildman–Crippen MR) is 64.0 cm³/mol. The van der Waals surface area contributed by atoms with Gasteiger partial charge in [-0.15, -0.1) is 0 Å². The summed E-state index contributed by atoms with van der Waals surface area (Å²) in [5, 5.41) is 0. The number of nitrogens with zero attached hydrogens (tertiary/aromatic N) is 2. The molecule has 1 rings (SSSR count). The summed E-state index contributed by atoms with van der Waals surface area (Å²) in [6.45, 7) is 3.02. The van der Waals surface area contributed by atoms with E-state index in [1.54, 1.807) is 12.4 Å². The monoisotopic (exact) mass is 205 g/mol. The zero-order valence-corrected chi connectivity index (χ0v) is 9.32. The van der Waals surface area contributed by atoms with Gasteiger partial charge < -0.3 is 5.73 Å². The van der Waals surface area contributed by atoms with E-state index in [1.165, 1.54) is 19.3 Å². The number of hydrogen-bond acceptors (Lipinski definition) is 2. The van der Waals surface area contributed by atoms with Crippen LogP contribution in [0.3, 0.4) is 0 Å². The number of amidine groups is 1. The second kappa shape index (κ2) is 6.98. The standard InChI is InChI=1S/C12H19N3/c1-2-3-4-5-9-15-12(13)11-7-6-8-14-10-11/h6-8,10H,2-5,9H2,1H3,(H2,13,15). The van der Waals surface area contributed by atoms with Crippen LogP contribution < -0.4 is 5.73 Å². The third-order valence-electron chi connectivity index (χ3n) is 2.25. The maximum absolute atomic E-state index is 5.82. The van der Waals surface area contributed by atoms with Gasteiger partial charge in [0.05, 0.1) is 0 Å². The summed E-state index contributed by atoms with van der Waals surface area (Å²) in [6.07, 6.45) is 8.36. The first-order chi connectivity index (χ1) is 7.34. The Morgan fingerprint density at radius 2 is 2.27 bits per heavy atom. The van der Waals surface area contributed by atoms with Crippen LogP contribution in [0.15, 0.2) is 29.5 Å². The van der Waals surface area contributed by atoms with Crippen molar-refractivity contribution in [2.24, 2.45) is 10.7 Å². The van der Waals surface area contributed by atoms with Gasteiger partial charge in [0.15, 0.2) is 0 Å². The van der Waals surface area contributed by atoms with Gasteiger partial charge >= 0.3 is 0 Å². The molecule has 15 heavy (non-hydrogen) atoms. The normalized spacial score (nSPS) is 11.7. The zero-order valence-electron chi connectivity index (χ0n) is 9.32. The van der Waals surface area contributed by atoms with Crippen LogP contribution in [0.4, 0.5) is 0 Å². The largest absolute Gasteiger partial charge is 0.383 e. The van der Waals surface area contributed by atoms with E-state index in [2.05, 4.69) is 16.9 Å². The Hall–Kier alpha value is -1.38. The van der Waals surface area contributed by atoms with E-state index in [1.807, 2.05) is 12.1 Å². The first kappa shape index (κ1) is 11.7. The summed E-state index contributed by atoms with van der Waals surface area (Å²) in [5.41, 5.74) is 6.73. The number of rotatable bonds is 6. The lowest BCUT2D eigenvalue weighted by molar-refractivity contribution is 0.675. The van der Waals surface area contributed by atoms with Crippen molar-refractivity contribution in [3.8, 4) is 0 Å². The molecule has 3 heteroatoms. The van der Waals surface area contributed by atoms with Gasteiger partial charge in [-0.25, -0.2) is 0 Å². The van der Waals surface area contributed by atoms with Gasteiger partial charge in [-0.05, 0) is 18.6 Å². The average molecular weight is 205 g/mol. The third-order valence-corrected chi connectivity index (χ3v) is 2.25. The minimum absolute atomic E-state index is 0.597. The summed E-state index contributed by atoms with van der Waals surface area (Å²) in [4.78, 5) is 8.32. The van der Waals surface area contributed by atoms with Crippen LogP contribution in [0.2, 0.25) is 0 Å². The molecular weight excluding hydrogens is 186 g/mol.